The Morgan fingerprint density at radius 3 is 2.70 bits per heavy atom. The Morgan fingerprint density at radius 1 is 1.26 bits per heavy atom. The first kappa shape index (κ1) is 19.2. The molecular weight excluding hydrogens is 365 g/mol. The number of aromatic nitrogens is 2. The second-order valence-corrected chi connectivity index (χ2v) is 7.53. The third-order valence-electron chi connectivity index (χ3n) is 4.13. The van der Waals surface area contributed by atoms with E-state index in [4.69, 9.17) is 4.74 Å². The van der Waals surface area contributed by atoms with Gasteiger partial charge in [0, 0.05) is 6.07 Å². The number of nitrogens with one attached hydrogen (secondary N) is 2. The first-order valence-corrected chi connectivity index (χ1v) is 9.69. The summed E-state index contributed by atoms with van der Waals surface area (Å²) in [5.41, 5.74) is 2.55. The maximum Gasteiger partial charge on any atom is 0.233 e. The molecule has 1 heterocycles. The minimum Gasteiger partial charge on any atom is -0.494 e. The highest BCUT2D eigenvalue weighted by Gasteiger charge is 2.19. The maximum atomic E-state index is 13.0. The van der Waals surface area contributed by atoms with Crippen LogP contribution in [-0.4, -0.2) is 27.7 Å². The van der Waals surface area contributed by atoms with Gasteiger partial charge in [-0.3, -0.25) is 4.79 Å². The normalized spacial score (nSPS) is 13.3. The molecule has 0 unspecified atom stereocenters. The van der Waals surface area contributed by atoms with E-state index in [1.165, 1.54) is 23.9 Å². The fourth-order valence-electron chi connectivity index (χ4n) is 2.66. The number of hydrogen-bond acceptors (Lipinski definition) is 4. The molecule has 2 aromatic carbocycles. The van der Waals surface area contributed by atoms with Crippen LogP contribution in [0.2, 0.25) is 0 Å². The molecule has 0 fully saturated rings. The molecule has 0 bridgehead atoms. The van der Waals surface area contributed by atoms with E-state index in [9.17, 15) is 9.18 Å². The minimum absolute atomic E-state index is 0.104. The number of thioether (sulfide) groups is 1. The predicted molar refractivity (Wildman–Crippen MR) is 106 cm³/mol. The first-order valence-electron chi connectivity index (χ1n) is 8.81. The first-order chi connectivity index (χ1) is 13.0. The van der Waals surface area contributed by atoms with E-state index < -0.39 is 0 Å². The van der Waals surface area contributed by atoms with Gasteiger partial charge in [-0.2, -0.15) is 0 Å². The van der Waals surface area contributed by atoms with E-state index >= 15 is 0 Å². The molecule has 27 heavy (non-hydrogen) atoms. The van der Waals surface area contributed by atoms with Crippen LogP contribution in [0.5, 0.6) is 5.75 Å². The van der Waals surface area contributed by atoms with Crippen molar-refractivity contribution in [1.82, 2.24) is 15.3 Å². The van der Waals surface area contributed by atoms with Crippen LogP contribution in [0.15, 0.2) is 47.6 Å². The summed E-state index contributed by atoms with van der Waals surface area (Å²) in [4.78, 5) is 20.2. The van der Waals surface area contributed by atoms with Crippen LogP contribution in [0.25, 0.3) is 11.0 Å². The van der Waals surface area contributed by atoms with Gasteiger partial charge in [0.05, 0.1) is 28.9 Å². The van der Waals surface area contributed by atoms with Crippen molar-refractivity contribution < 1.29 is 13.9 Å². The average molecular weight is 387 g/mol. The maximum absolute atomic E-state index is 13.0. The van der Waals surface area contributed by atoms with Gasteiger partial charge in [0.2, 0.25) is 5.91 Å². The largest absolute Gasteiger partial charge is 0.494 e. The predicted octanol–water partition coefficient (Wildman–Crippen LogP) is 4.46. The van der Waals surface area contributed by atoms with Crippen molar-refractivity contribution in [2.24, 2.45) is 0 Å². The number of ether oxygens (including phenoxy) is 1. The number of hydrogen-bond donors (Lipinski definition) is 2. The topological polar surface area (TPSA) is 67.0 Å². The van der Waals surface area contributed by atoms with Crippen molar-refractivity contribution in [2.75, 3.05) is 6.61 Å². The molecule has 0 aliphatic rings. The molecule has 3 rings (SSSR count). The highest BCUT2D eigenvalue weighted by Crippen LogP contribution is 2.26. The second kappa shape index (κ2) is 8.43. The van der Waals surface area contributed by atoms with Crippen molar-refractivity contribution >= 4 is 28.7 Å². The molecule has 0 saturated heterocycles. The number of nitrogens with zero attached hydrogens (tertiary/aromatic N) is 1. The van der Waals surface area contributed by atoms with Crippen molar-refractivity contribution in [3.63, 3.8) is 0 Å². The highest BCUT2D eigenvalue weighted by molar-refractivity contribution is 8.00. The Kier molecular flexibility index (Phi) is 6.01. The summed E-state index contributed by atoms with van der Waals surface area (Å²) < 4.78 is 18.5. The fraction of sp³-hybridized carbons (Fsp3) is 0.300. The van der Waals surface area contributed by atoms with Crippen LogP contribution in [-0.2, 0) is 4.79 Å². The second-order valence-electron chi connectivity index (χ2n) is 6.20. The minimum atomic E-state index is -0.333. The standard InChI is InChI=1S/C20H22FN3O2S/c1-4-26-16-9-10-17-18(11-16)24-20(23-17)27-13(3)19(25)22-12(2)14-5-7-15(21)8-6-14/h5-13H,4H2,1-3H3,(H,22,25)(H,23,24)/t12-,13+/m1/s1. The van der Waals surface area contributed by atoms with Gasteiger partial charge in [0.1, 0.15) is 11.6 Å². The Balaban J connectivity index is 1.63. The molecular formula is C20H22FN3O2S. The fourth-order valence-corrected chi connectivity index (χ4v) is 3.49. The van der Waals surface area contributed by atoms with Gasteiger partial charge in [-0.1, -0.05) is 23.9 Å². The van der Waals surface area contributed by atoms with E-state index in [2.05, 4.69) is 15.3 Å². The molecule has 0 spiro atoms. The van der Waals surface area contributed by atoms with Crippen LogP contribution in [0.1, 0.15) is 32.4 Å². The molecule has 0 saturated carbocycles. The number of halogens is 1. The number of carbonyl (C=O) groups excluding carboxylic acids is 1. The molecule has 0 aliphatic heterocycles. The van der Waals surface area contributed by atoms with Gasteiger partial charge in [0.15, 0.2) is 5.16 Å². The average Bonchev–Trinajstić information content (AvgIpc) is 3.03. The molecule has 3 aromatic rings. The monoisotopic (exact) mass is 387 g/mol. The zero-order chi connectivity index (χ0) is 19.4. The molecule has 7 heteroatoms. The number of amides is 1. The van der Waals surface area contributed by atoms with Crippen molar-refractivity contribution in [1.29, 1.82) is 0 Å². The van der Waals surface area contributed by atoms with Crippen molar-refractivity contribution in [3.05, 3.63) is 53.8 Å². The Hall–Kier alpha value is -2.54. The van der Waals surface area contributed by atoms with E-state index in [0.29, 0.717) is 11.8 Å². The van der Waals surface area contributed by atoms with Crippen LogP contribution < -0.4 is 10.1 Å². The number of imidazole rings is 1. The number of H-pyrrole nitrogens is 1. The lowest BCUT2D eigenvalue weighted by Crippen LogP contribution is -2.33. The van der Waals surface area contributed by atoms with Crippen molar-refractivity contribution in [3.8, 4) is 5.75 Å². The van der Waals surface area contributed by atoms with Crippen LogP contribution in [0.4, 0.5) is 4.39 Å². The number of rotatable bonds is 7. The Morgan fingerprint density at radius 2 is 2.00 bits per heavy atom. The molecule has 2 atom stereocenters. The smallest absolute Gasteiger partial charge is 0.233 e. The van der Waals surface area contributed by atoms with Gasteiger partial charge < -0.3 is 15.0 Å². The molecule has 1 amide bonds. The van der Waals surface area contributed by atoms with Gasteiger partial charge in [-0.05, 0) is 50.6 Å². The zero-order valence-electron chi connectivity index (χ0n) is 15.5. The van der Waals surface area contributed by atoms with Crippen LogP contribution >= 0.6 is 11.8 Å². The highest BCUT2D eigenvalue weighted by atomic mass is 32.2. The third-order valence-corrected chi connectivity index (χ3v) is 5.11. The SMILES string of the molecule is CCOc1ccc2nc(S[C@@H](C)C(=O)N[C@H](C)c3ccc(F)cc3)[nH]c2c1. The summed E-state index contributed by atoms with van der Waals surface area (Å²) in [5, 5.41) is 3.29. The molecule has 142 valence electrons. The molecule has 0 aliphatic carbocycles. The molecule has 5 nitrogen and oxygen atoms in total. The summed E-state index contributed by atoms with van der Waals surface area (Å²) in [7, 11) is 0. The van der Waals surface area contributed by atoms with E-state index in [1.54, 1.807) is 12.1 Å². The van der Waals surface area contributed by atoms with E-state index in [1.807, 2.05) is 39.0 Å². The summed E-state index contributed by atoms with van der Waals surface area (Å²) in [6, 6.07) is 11.6. The van der Waals surface area contributed by atoms with Gasteiger partial charge in [0.25, 0.3) is 0 Å². The summed E-state index contributed by atoms with van der Waals surface area (Å²) in [5.74, 6) is 0.384. The van der Waals surface area contributed by atoms with Gasteiger partial charge in [-0.25, -0.2) is 9.37 Å². The molecule has 1 aromatic heterocycles. The quantitative estimate of drug-likeness (QED) is 0.588. The lowest BCUT2D eigenvalue weighted by atomic mass is 10.1. The van der Waals surface area contributed by atoms with Gasteiger partial charge in [-0.15, -0.1) is 0 Å². The molecule has 2 N–H and O–H groups in total. The Bertz CT molecular complexity index is 927. The number of benzene rings is 2. The van der Waals surface area contributed by atoms with Crippen molar-refractivity contribution in [2.45, 2.75) is 37.2 Å². The van der Waals surface area contributed by atoms with Crippen LogP contribution in [0, 0.1) is 5.82 Å². The third kappa shape index (κ3) is 4.80. The summed E-state index contributed by atoms with van der Waals surface area (Å²) >= 11 is 1.36. The summed E-state index contributed by atoms with van der Waals surface area (Å²) in [6.07, 6.45) is 0. The number of carbonyl (C=O) groups is 1. The Labute approximate surface area is 161 Å². The van der Waals surface area contributed by atoms with E-state index in [0.717, 1.165) is 22.3 Å². The van der Waals surface area contributed by atoms with Gasteiger partial charge >= 0.3 is 0 Å². The zero-order valence-corrected chi connectivity index (χ0v) is 16.3. The number of fused-ring (bicyclic) bond motifs is 1. The summed E-state index contributed by atoms with van der Waals surface area (Å²) in [6.45, 7) is 6.24. The van der Waals surface area contributed by atoms with E-state index in [-0.39, 0.29) is 23.0 Å². The lowest BCUT2D eigenvalue weighted by molar-refractivity contribution is -0.120. The molecule has 0 radical (unpaired) electrons. The lowest BCUT2D eigenvalue weighted by Gasteiger charge is -2.17. The number of aromatic amines is 1. The van der Waals surface area contributed by atoms with Crippen LogP contribution in [0.3, 0.4) is 0 Å².